The molecule has 3 aromatic rings. The smallest absolute Gasteiger partial charge is 0.254 e. The van der Waals surface area contributed by atoms with Crippen LogP contribution < -0.4 is 24.5 Å². The summed E-state index contributed by atoms with van der Waals surface area (Å²) in [6.45, 7) is 1.19. The molecule has 0 bridgehead atoms. The lowest BCUT2D eigenvalue weighted by atomic mass is 10.1. The molecular formula is C26H28N2O6. The van der Waals surface area contributed by atoms with Crippen LogP contribution in [0, 0.1) is 0 Å². The number of fused-ring (bicyclic) bond motifs is 2. The highest BCUT2D eigenvalue weighted by Gasteiger charge is 2.29. The quantitative estimate of drug-likeness (QED) is 0.595. The molecule has 1 aromatic heterocycles. The third kappa shape index (κ3) is 4.16. The fourth-order valence-corrected chi connectivity index (χ4v) is 4.81. The predicted molar refractivity (Wildman–Crippen MR) is 127 cm³/mol. The average Bonchev–Trinajstić information content (AvgIpc) is 3.40. The minimum atomic E-state index is -0.215. The molecule has 2 aromatic carbocycles. The maximum absolute atomic E-state index is 13.7. The van der Waals surface area contributed by atoms with Crippen LogP contribution in [0.5, 0.6) is 23.0 Å². The van der Waals surface area contributed by atoms with Crippen molar-refractivity contribution < 1.29 is 23.7 Å². The maximum Gasteiger partial charge on any atom is 0.254 e. The number of ether oxygens (including phenoxy) is 4. The third-order valence-electron chi connectivity index (χ3n) is 6.58. The van der Waals surface area contributed by atoms with Crippen molar-refractivity contribution in [1.29, 1.82) is 0 Å². The van der Waals surface area contributed by atoms with Crippen LogP contribution in [0.15, 0.2) is 41.2 Å². The van der Waals surface area contributed by atoms with Crippen LogP contribution in [0.25, 0.3) is 10.9 Å². The van der Waals surface area contributed by atoms with E-state index >= 15 is 0 Å². The number of hydrogen-bond donors (Lipinski definition) is 1. The zero-order valence-electron chi connectivity index (χ0n) is 19.4. The Morgan fingerprint density at radius 3 is 2.41 bits per heavy atom. The number of aromatic nitrogens is 1. The van der Waals surface area contributed by atoms with Crippen LogP contribution >= 0.6 is 0 Å². The molecule has 1 aliphatic heterocycles. The van der Waals surface area contributed by atoms with E-state index in [1.54, 1.807) is 38.5 Å². The van der Waals surface area contributed by atoms with Gasteiger partial charge in [-0.05, 0) is 43.2 Å². The van der Waals surface area contributed by atoms with Gasteiger partial charge in [0.1, 0.15) is 13.2 Å². The van der Waals surface area contributed by atoms with Gasteiger partial charge >= 0.3 is 0 Å². The second kappa shape index (κ2) is 9.29. The lowest BCUT2D eigenvalue weighted by Crippen LogP contribution is -2.39. The molecule has 178 valence electrons. The summed E-state index contributed by atoms with van der Waals surface area (Å²) in [6.07, 6.45) is 3.97. The average molecular weight is 465 g/mol. The first kappa shape index (κ1) is 22.1. The number of carbonyl (C=O) groups is 1. The Bertz CT molecular complexity index is 1280. The molecule has 0 spiro atoms. The second-order valence-corrected chi connectivity index (χ2v) is 8.65. The van der Waals surface area contributed by atoms with Gasteiger partial charge in [0.05, 0.1) is 26.3 Å². The van der Waals surface area contributed by atoms with E-state index in [-0.39, 0.29) is 24.1 Å². The van der Waals surface area contributed by atoms with Crippen molar-refractivity contribution in [1.82, 2.24) is 9.88 Å². The number of nitrogens with zero attached hydrogens (tertiary/aromatic N) is 1. The van der Waals surface area contributed by atoms with Crippen molar-refractivity contribution in [3.63, 3.8) is 0 Å². The van der Waals surface area contributed by atoms with Gasteiger partial charge in [0, 0.05) is 28.6 Å². The third-order valence-corrected chi connectivity index (χ3v) is 6.58. The standard InChI is InChI=1S/C26H28N2O6/c1-31-21-8-7-16(12-22(21)32-2)26(30)28(19-5-3-4-6-19)15-18-11-17-13-23-24(34-10-9-33-23)14-20(17)27-25(18)29/h7-8,11-14,19H,3-6,9-10,15H2,1-2H3,(H,27,29). The first-order valence-corrected chi connectivity index (χ1v) is 11.6. The van der Waals surface area contributed by atoms with Gasteiger partial charge in [0.25, 0.3) is 11.5 Å². The molecule has 0 radical (unpaired) electrons. The number of hydrogen-bond acceptors (Lipinski definition) is 6. The fourth-order valence-electron chi connectivity index (χ4n) is 4.81. The van der Waals surface area contributed by atoms with E-state index in [0.29, 0.717) is 52.9 Å². The van der Waals surface area contributed by atoms with Crippen molar-refractivity contribution in [3.8, 4) is 23.0 Å². The van der Waals surface area contributed by atoms with Crippen molar-refractivity contribution in [2.75, 3.05) is 27.4 Å². The van der Waals surface area contributed by atoms with Gasteiger partial charge in [-0.3, -0.25) is 9.59 Å². The highest BCUT2D eigenvalue weighted by atomic mass is 16.6. The number of nitrogens with one attached hydrogen (secondary N) is 1. The molecule has 2 heterocycles. The van der Waals surface area contributed by atoms with E-state index in [0.717, 1.165) is 31.1 Å². The lowest BCUT2D eigenvalue weighted by Gasteiger charge is -2.29. The Labute approximate surface area is 197 Å². The number of methoxy groups -OCH3 is 2. The highest BCUT2D eigenvalue weighted by Crippen LogP contribution is 2.34. The Morgan fingerprint density at radius 2 is 1.71 bits per heavy atom. The zero-order chi connectivity index (χ0) is 23.7. The molecule has 1 saturated carbocycles. The van der Waals surface area contributed by atoms with Crippen molar-refractivity contribution >= 4 is 16.8 Å². The molecule has 0 saturated heterocycles. The Hall–Kier alpha value is -3.68. The molecule has 1 aliphatic carbocycles. The number of rotatable bonds is 6. The van der Waals surface area contributed by atoms with Gasteiger partial charge in [-0.2, -0.15) is 0 Å². The summed E-state index contributed by atoms with van der Waals surface area (Å²) in [5.74, 6) is 2.21. The predicted octanol–water partition coefficient (Wildman–Crippen LogP) is 3.90. The molecule has 5 rings (SSSR count). The van der Waals surface area contributed by atoms with Crippen LogP contribution in [0.4, 0.5) is 0 Å². The number of H-pyrrole nitrogens is 1. The number of benzene rings is 2. The van der Waals surface area contributed by atoms with Crippen LogP contribution in [0.2, 0.25) is 0 Å². The summed E-state index contributed by atoms with van der Waals surface area (Å²) in [4.78, 5) is 31.4. The number of amides is 1. The normalized spacial score (nSPS) is 15.4. The minimum Gasteiger partial charge on any atom is -0.493 e. The summed E-state index contributed by atoms with van der Waals surface area (Å²) in [7, 11) is 3.10. The van der Waals surface area contributed by atoms with Gasteiger partial charge in [0.2, 0.25) is 0 Å². The summed E-state index contributed by atoms with van der Waals surface area (Å²) >= 11 is 0. The van der Waals surface area contributed by atoms with E-state index in [9.17, 15) is 9.59 Å². The molecule has 8 heteroatoms. The number of pyridine rings is 1. The summed E-state index contributed by atoms with van der Waals surface area (Å²) in [5.41, 5.74) is 1.50. The van der Waals surface area contributed by atoms with E-state index < -0.39 is 0 Å². The maximum atomic E-state index is 13.7. The highest BCUT2D eigenvalue weighted by molar-refractivity contribution is 5.95. The topological polar surface area (TPSA) is 90.1 Å². The number of aromatic amines is 1. The van der Waals surface area contributed by atoms with Crippen LogP contribution in [0.1, 0.15) is 41.6 Å². The SMILES string of the molecule is COc1ccc(C(=O)N(Cc2cc3cc4c(cc3[nH]c2=O)OCCO4)C2CCCC2)cc1OC. The van der Waals surface area contributed by atoms with E-state index in [4.69, 9.17) is 18.9 Å². The Balaban J connectivity index is 1.50. The van der Waals surface area contributed by atoms with Crippen LogP contribution in [0.3, 0.4) is 0 Å². The molecule has 0 unspecified atom stereocenters. The molecule has 8 nitrogen and oxygen atoms in total. The van der Waals surface area contributed by atoms with Crippen molar-refractivity contribution in [3.05, 3.63) is 57.9 Å². The van der Waals surface area contributed by atoms with Gasteiger partial charge < -0.3 is 28.8 Å². The molecule has 0 atom stereocenters. The molecule has 1 N–H and O–H groups in total. The monoisotopic (exact) mass is 464 g/mol. The first-order valence-electron chi connectivity index (χ1n) is 11.6. The van der Waals surface area contributed by atoms with Crippen LogP contribution in [-0.2, 0) is 6.54 Å². The Kier molecular flexibility index (Phi) is 6.04. The second-order valence-electron chi connectivity index (χ2n) is 8.65. The molecule has 34 heavy (non-hydrogen) atoms. The van der Waals surface area contributed by atoms with Gasteiger partial charge in [-0.1, -0.05) is 12.8 Å². The van der Waals surface area contributed by atoms with Gasteiger partial charge in [-0.15, -0.1) is 0 Å². The van der Waals surface area contributed by atoms with E-state index in [2.05, 4.69) is 4.98 Å². The first-order chi connectivity index (χ1) is 16.6. The molecule has 1 fully saturated rings. The summed E-state index contributed by atoms with van der Waals surface area (Å²) in [6, 6.07) is 10.7. The van der Waals surface area contributed by atoms with Crippen molar-refractivity contribution in [2.45, 2.75) is 38.3 Å². The van der Waals surface area contributed by atoms with Gasteiger partial charge in [-0.25, -0.2) is 0 Å². The largest absolute Gasteiger partial charge is 0.493 e. The van der Waals surface area contributed by atoms with Crippen LogP contribution in [-0.4, -0.2) is 49.3 Å². The molecule has 2 aliphatic rings. The molecule has 1 amide bonds. The summed E-state index contributed by atoms with van der Waals surface area (Å²) < 4.78 is 22.0. The lowest BCUT2D eigenvalue weighted by molar-refractivity contribution is 0.0663. The zero-order valence-corrected chi connectivity index (χ0v) is 19.4. The van der Waals surface area contributed by atoms with Crippen molar-refractivity contribution in [2.24, 2.45) is 0 Å². The fraction of sp³-hybridized carbons (Fsp3) is 0.385. The molecular weight excluding hydrogens is 436 g/mol. The Morgan fingerprint density at radius 1 is 1.00 bits per heavy atom. The van der Waals surface area contributed by atoms with E-state index in [1.165, 1.54) is 0 Å². The minimum absolute atomic E-state index is 0.0796. The van der Waals surface area contributed by atoms with E-state index in [1.807, 2.05) is 17.0 Å². The van der Waals surface area contributed by atoms with Gasteiger partial charge in [0.15, 0.2) is 23.0 Å². The number of carbonyl (C=O) groups excluding carboxylic acids is 1. The summed E-state index contributed by atoms with van der Waals surface area (Å²) in [5, 5.41) is 0.837.